The van der Waals surface area contributed by atoms with Gasteiger partial charge in [0.05, 0.1) is 6.04 Å². The maximum atomic E-state index is 13.4. The molecule has 1 aromatic heterocycles. The van der Waals surface area contributed by atoms with E-state index >= 15 is 0 Å². The first-order chi connectivity index (χ1) is 9.69. The molecule has 1 N–H and O–H groups in total. The van der Waals surface area contributed by atoms with Gasteiger partial charge in [0.25, 0.3) is 0 Å². The SMILES string of the molecule is N#Cc1c(Cl)nsc1NC1CCCc2ccc(F)cc21. The molecule has 1 aliphatic carbocycles. The van der Waals surface area contributed by atoms with Crippen LogP contribution in [0.1, 0.15) is 35.6 Å². The molecule has 0 saturated heterocycles. The van der Waals surface area contributed by atoms with Gasteiger partial charge in [-0.1, -0.05) is 17.7 Å². The van der Waals surface area contributed by atoms with Crippen molar-refractivity contribution in [3.8, 4) is 6.07 Å². The molecule has 1 atom stereocenters. The van der Waals surface area contributed by atoms with Crippen molar-refractivity contribution in [3.63, 3.8) is 0 Å². The summed E-state index contributed by atoms with van der Waals surface area (Å²) in [4.78, 5) is 0. The minimum atomic E-state index is -0.236. The van der Waals surface area contributed by atoms with Crippen molar-refractivity contribution in [2.45, 2.75) is 25.3 Å². The van der Waals surface area contributed by atoms with Crippen LogP contribution in [0.3, 0.4) is 0 Å². The average molecular weight is 308 g/mol. The fourth-order valence-electron chi connectivity index (χ4n) is 2.54. The topological polar surface area (TPSA) is 48.7 Å². The highest BCUT2D eigenvalue weighted by atomic mass is 35.5. The minimum absolute atomic E-state index is 0.00179. The van der Waals surface area contributed by atoms with Gasteiger partial charge in [0.15, 0.2) is 5.15 Å². The summed E-state index contributed by atoms with van der Waals surface area (Å²) in [6.07, 6.45) is 2.89. The van der Waals surface area contributed by atoms with E-state index in [2.05, 4.69) is 9.69 Å². The molecule has 0 aliphatic heterocycles. The van der Waals surface area contributed by atoms with E-state index in [-0.39, 0.29) is 17.0 Å². The van der Waals surface area contributed by atoms with E-state index in [1.54, 1.807) is 6.07 Å². The predicted molar refractivity (Wildman–Crippen MR) is 77.5 cm³/mol. The lowest BCUT2D eigenvalue weighted by Gasteiger charge is -2.26. The fourth-order valence-corrected chi connectivity index (χ4v) is 3.53. The van der Waals surface area contributed by atoms with E-state index in [1.165, 1.54) is 6.07 Å². The zero-order valence-corrected chi connectivity index (χ0v) is 12.1. The number of aryl methyl sites for hydroxylation is 1. The number of nitriles is 1. The number of hydrogen-bond acceptors (Lipinski definition) is 4. The Morgan fingerprint density at radius 1 is 1.50 bits per heavy atom. The summed E-state index contributed by atoms with van der Waals surface area (Å²) < 4.78 is 17.4. The van der Waals surface area contributed by atoms with Crippen molar-refractivity contribution in [1.29, 1.82) is 5.26 Å². The average Bonchev–Trinajstić information content (AvgIpc) is 2.80. The molecule has 0 bridgehead atoms. The van der Waals surface area contributed by atoms with Gasteiger partial charge in [-0.3, -0.25) is 0 Å². The molecule has 3 rings (SSSR count). The molecule has 1 heterocycles. The summed E-state index contributed by atoms with van der Waals surface area (Å²) in [5.74, 6) is -0.236. The van der Waals surface area contributed by atoms with Gasteiger partial charge in [-0.25, -0.2) is 4.39 Å². The Balaban J connectivity index is 1.93. The smallest absolute Gasteiger partial charge is 0.162 e. The van der Waals surface area contributed by atoms with E-state index in [1.807, 2.05) is 12.1 Å². The van der Waals surface area contributed by atoms with Crippen LogP contribution in [-0.2, 0) is 6.42 Å². The summed E-state index contributed by atoms with van der Waals surface area (Å²) in [5.41, 5.74) is 2.48. The molecule has 6 heteroatoms. The molecule has 20 heavy (non-hydrogen) atoms. The van der Waals surface area contributed by atoms with Crippen molar-refractivity contribution in [3.05, 3.63) is 45.9 Å². The molecule has 0 saturated carbocycles. The Hall–Kier alpha value is -1.64. The lowest BCUT2D eigenvalue weighted by molar-refractivity contribution is 0.580. The molecule has 1 aromatic carbocycles. The monoisotopic (exact) mass is 307 g/mol. The molecular formula is C14H11ClFN3S. The van der Waals surface area contributed by atoms with E-state index in [9.17, 15) is 4.39 Å². The third-order valence-corrected chi connectivity index (χ3v) is 4.64. The number of aromatic nitrogens is 1. The molecule has 102 valence electrons. The summed E-state index contributed by atoms with van der Waals surface area (Å²) >= 11 is 7.03. The van der Waals surface area contributed by atoms with E-state index in [4.69, 9.17) is 16.9 Å². The Morgan fingerprint density at radius 3 is 3.15 bits per heavy atom. The molecule has 0 spiro atoms. The largest absolute Gasteiger partial charge is 0.368 e. The normalized spacial score (nSPS) is 17.4. The van der Waals surface area contributed by atoms with Gasteiger partial charge in [0.2, 0.25) is 0 Å². The van der Waals surface area contributed by atoms with Gasteiger partial charge in [-0.2, -0.15) is 9.64 Å². The second kappa shape index (κ2) is 5.39. The first-order valence-corrected chi connectivity index (χ1v) is 7.44. The molecular weight excluding hydrogens is 297 g/mol. The quantitative estimate of drug-likeness (QED) is 0.900. The van der Waals surface area contributed by atoms with Gasteiger partial charge < -0.3 is 5.32 Å². The van der Waals surface area contributed by atoms with Crippen LogP contribution in [0, 0.1) is 17.1 Å². The van der Waals surface area contributed by atoms with Gasteiger partial charge in [-0.05, 0) is 54.1 Å². The Morgan fingerprint density at radius 2 is 2.35 bits per heavy atom. The van der Waals surface area contributed by atoms with Crippen LogP contribution in [0.4, 0.5) is 9.39 Å². The molecule has 0 fully saturated rings. The lowest BCUT2D eigenvalue weighted by atomic mass is 9.87. The van der Waals surface area contributed by atoms with Crippen LogP contribution >= 0.6 is 23.1 Å². The number of rotatable bonds is 2. The van der Waals surface area contributed by atoms with Gasteiger partial charge in [0.1, 0.15) is 22.5 Å². The van der Waals surface area contributed by atoms with E-state index < -0.39 is 0 Å². The Bertz CT molecular complexity index is 692. The maximum Gasteiger partial charge on any atom is 0.162 e. The summed E-state index contributed by atoms with van der Waals surface area (Å²) in [6, 6.07) is 6.94. The highest BCUT2D eigenvalue weighted by molar-refractivity contribution is 7.10. The van der Waals surface area contributed by atoms with Crippen molar-refractivity contribution < 1.29 is 4.39 Å². The van der Waals surface area contributed by atoms with Gasteiger partial charge in [0, 0.05) is 0 Å². The van der Waals surface area contributed by atoms with Gasteiger partial charge >= 0.3 is 0 Å². The molecule has 1 aliphatic rings. The first-order valence-electron chi connectivity index (χ1n) is 6.29. The third kappa shape index (κ3) is 2.37. The zero-order valence-electron chi connectivity index (χ0n) is 10.5. The van der Waals surface area contributed by atoms with Crippen molar-refractivity contribution >= 4 is 28.1 Å². The number of hydrogen-bond donors (Lipinski definition) is 1. The van der Waals surface area contributed by atoms with Crippen LogP contribution in [0.5, 0.6) is 0 Å². The molecule has 2 aromatic rings. The molecule has 0 amide bonds. The van der Waals surface area contributed by atoms with Crippen molar-refractivity contribution in [2.75, 3.05) is 5.32 Å². The number of nitrogens with one attached hydrogen (secondary N) is 1. The second-order valence-electron chi connectivity index (χ2n) is 4.72. The summed E-state index contributed by atoms with van der Waals surface area (Å²) in [7, 11) is 0. The number of fused-ring (bicyclic) bond motifs is 1. The number of halogens is 2. The summed E-state index contributed by atoms with van der Waals surface area (Å²) in [5, 5.41) is 13.2. The third-order valence-electron chi connectivity index (χ3n) is 3.49. The second-order valence-corrected chi connectivity index (χ2v) is 5.85. The number of benzene rings is 1. The minimum Gasteiger partial charge on any atom is -0.368 e. The highest BCUT2D eigenvalue weighted by Crippen LogP contribution is 2.36. The Kier molecular flexibility index (Phi) is 3.60. The standard InChI is InChI=1S/C14H11ClFN3S/c15-13-11(7-17)14(20-19-13)18-12-3-1-2-8-4-5-9(16)6-10(8)12/h4-6,12,18H,1-3H2. The zero-order chi connectivity index (χ0) is 14.1. The number of anilines is 1. The Labute approximate surface area is 125 Å². The van der Waals surface area contributed by atoms with Crippen LogP contribution in [0.25, 0.3) is 0 Å². The fraction of sp³-hybridized carbons (Fsp3) is 0.286. The highest BCUT2D eigenvalue weighted by Gasteiger charge is 2.23. The molecule has 1 unspecified atom stereocenters. The predicted octanol–water partition coefficient (Wildman–Crippen LogP) is 4.30. The lowest BCUT2D eigenvalue weighted by Crippen LogP contribution is -2.17. The van der Waals surface area contributed by atoms with Crippen LogP contribution in [-0.4, -0.2) is 4.37 Å². The van der Waals surface area contributed by atoms with E-state index in [0.717, 1.165) is 41.9 Å². The molecule has 0 radical (unpaired) electrons. The summed E-state index contributed by atoms with van der Waals surface area (Å²) in [6.45, 7) is 0. The van der Waals surface area contributed by atoms with E-state index in [0.29, 0.717) is 10.6 Å². The maximum absolute atomic E-state index is 13.4. The first kappa shape index (κ1) is 13.3. The van der Waals surface area contributed by atoms with Crippen molar-refractivity contribution in [2.24, 2.45) is 0 Å². The number of nitrogens with zero attached hydrogens (tertiary/aromatic N) is 2. The van der Waals surface area contributed by atoms with Crippen LogP contribution in [0.15, 0.2) is 18.2 Å². The van der Waals surface area contributed by atoms with Crippen LogP contribution in [0.2, 0.25) is 5.15 Å². The van der Waals surface area contributed by atoms with Crippen LogP contribution < -0.4 is 5.32 Å². The van der Waals surface area contributed by atoms with Crippen molar-refractivity contribution in [1.82, 2.24) is 4.37 Å². The molecule has 3 nitrogen and oxygen atoms in total. The van der Waals surface area contributed by atoms with Gasteiger partial charge in [-0.15, -0.1) is 0 Å².